The third kappa shape index (κ3) is 2.77. The molecule has 4 heteroatoms. The Balaban J connectivity index is 2.59. The molecule has 12 heavy (non-hydrogen) atoms. The Labute approximate surface area is 81.0 Å². The number of anilines is 1. The third-order valence-corrected chi connectivity index (χ3v) is 1.71. The van der Waals surface area contributed by atoms with Gasteiger partial charge in [0, 0.05) is 30.8 Å². The highest BCUT2D eigenvalue weighted by atomic mass is 79.9. The fourth-order valence-corrected chi connectivity index (χ4v) is 1.38. The molecule has 1 aromatic heterocycles. The summed E-state index contributed by atoms with van der Waals surface area (Å²) in [4.78, 5) is 10.7. The minimum absolute atomic E-state index is 0.450. The summed E-state index contributed by atoms with van der Waals surface area (Å²) in [7, 11) is 1.98. The van der Waals surface area contributed by atoms with Crippen LogP contribution in [0.1, 0.15) is 6.92 Å². The molecule has 1 aromatic rings. The fourth-order valence-electron chi connectivity index (χ4n) is 0.947. The Morgan fingerprint density at radius 2 is 2.08 bits per heavy atom. The van der Waals surface area contributed by atoms with Gasteiger partial charge in [-0.25, -0.2) is 9.97 Å². The molecule has 1 heterocycles. The lowest BCUT2D eigenvalue weighted by Crippen LogP contribution is -2.25. The van der Waals surface area contributed by atoms with E-state index < -0.39 is 0 Å². The summed E-state index contributed by atoms with van der Waals surface area (Å²) >= 11 is 3.48. The van der Waals surface area contributed by atoms with Crippen molar-refractivity contribution in [2.45, 2.75) is 11.8 Å². The van der Waals surface area contributed by atoms with Crippen molar-refractivity contribution in [1.82, 2.24) is 9.97 Å². The van der Waals surface area contributed by atoms with Gasteiger partial charge in [0.25, 0.3) is 0 Å². The van der Waals surface area contributed by atoms with Gasteiger partial charge in [0.1, 0.15) is 0 Å². The summed E-state index contributed by atoms with van der Waals surface area (Å²) in [6.45, 7) is 3.00. The minimum Gasteiger partial charge on any atom is -0.343 e. The van der Waals surface area contributed by atoms with Crippen LogP contribution in [0.5, 0.6) is 0 Å². The largest absolute Gasteiger partial charge is 0.343 e. The Morgan fingerprint density at radius 3 is 2.58 bits per heavy atom. The van der Waals surface area contributed by atoms with Crippen LogP contribution in [-0.2, 0) is 0 Å². The van der Waals surface area contributed by atoms with Crippen LogP contribution in [-0.4, -0.2) is 28.4 Å². The first-order chi connectivity index (χ1) is 5.70. The molecule has 0 amide bonds. The van der Waals surface area contributed by atoms with Gasteiger partial charge in [-0.15, -0.1) is 0 Å². The Kier molecular flexibility index (Phi) is 3.47. The van der Waals surface area contributed by atoms with Gasteiger partial charge in [-0.2, -0.15) is 0 Å². The second kappa shape index (κ2) is 4.40. The Hall–Kier alpha value is -0.640. The summed E-state index contributed by atoms with van der Waals surface area (Å²) in [5, 5.41) is 0. The van der Waals surface area contributed by atoms with Gasteiger partial charge < -0.3 is 4.90 Å². The van der Waals surface area contributed by atoms with Crippen molar-refractivity contribution in [1.29, 1.82) is 0 Å². The van der Waals surface area contributed by atoms with E-state index in [2.05, 4.69) is 32.8 Å². The second-order valence-corrected chi connectivity index (χ2v) is 4.27. The van der Waals surface area contributed by atoms with Crippen molar-refractivity contribution in [3.05, 3.63) is 18.5 Å². The zero-order valence-electron chi connectivity index (χ0n) is 7.24. The molecule has 0 N–H and O–H groups in total. The molecule has 0 spiro atoms. The van der Waals surface area contributed by atoms with Crippen molar-refractivity contribution < 1.29 is 0 Å². The molecular weight excluding hydrogens is 218 g/mol. The molecule has 0 saturated heterocycles. The number of halogens is 1. The summed E-state index contributed by atoms with van der Waals surface area (Å²) in [5.74, 6) is 0.767. The molecule has 0 aliphatic carbocycles. The van der Waals surface area contributed by atoms with E-state index in [0.717, 1.165) is 12.5 Å². The lowest BCUT2D eigenvalue weighted by atomic mass is 10.4. The number of hydrogen-bond donors (Lipinski definition) is 0. The third-order valence-electron chi connectivity index (χ3n) is 1.42. The second-order valence-electron chi connectivity index (χ2n) is 2.71. The summed E-state index contributed by atoms with van der Waals surface area (Å²) in [6, 6.07) is 1.81. The van der Waals surface area contributed by atoms with E-state index in [1.807, 2.05) is 18.0 Å². The van der Waals surface area contributed by atoms with Gasteiger partial charge >= 0.3 is 0 Å². The molecule has 1 atom stereocenters. The first-order valence-electron chi connectivity index (χ1n) is 3.82. The highest BCUT2D eigenvalue weighted by Crippen LogP contribution is 2.06. The molecule has 0 saturated carbocycles. The predicted octanol–water partition coefficient (Wildman–Crippen LogP) is 1.70. The van der Waals surface area contributed by atoms with Crippen molar-refractivity contribution in [2.24, 2.45) is 0 Å². The first kappa shape index (κ1) is 9.45. The van der Waals surface area contributed by atoms with E-state index in [1.54, 1.807) is 12.4 Å². The van der Waals surface area contributed by atoms with Crippen LogP contribution < -0.4 is 4.90 Å². The maximum absolute atomic E-state index is 4.13. The molecule has 1 unspecified atom stereocenters. The maximum atomic E-state index is 4.13. The fraction of sp³-hybridized carbons (Fsp3) is 0.500. The monoisotopic (exact) mass is 229 g/mol. The number of nitrogens with zero attached hydrogens (tertiary/aromatic N) is 3. The zero-order chi connectivity index (χ0) is 8.97. The average Bonchev–Trinajstić information content (AvgIpc) is 2.05. The standard InChI is InChI=1S/C8H12BrN3/c1-7(9)6-12(2)8-10-4-3-5-11-8/h3-5,7H,6H2,1-2H3. The molecule has 1 rings (SSSR count). The lowest BCUT2D eigenvalue weighted by Gasteiger charge is -2.17. The number of aromatic nitrogens is 2. The zero-order valence-corrected chi connectivity index (χ0v) is 8.82. The summed E-state index contributed by atoms with van der Waals surface area (Å²) < 4.78 is 0. The topological polar surface area (TPSA) is 29.0 Å². The van der Waals surface area contributed by atoms with E-state index >= 15 is 0 Å². The Bertz CT molecular complexity index is 225. The normalized spacial score (nSPS) is 12.6. The van der Waals surface area contributed by atoms with E-state index in [-0.39, 0.29) is 0 Å². The predicted molar refractivity (Wildman–Crippen MR) is 53.7 cm³/mol. The van der Waals surface area contributed by atoms with Gasteiger partial charge in [-0.05, 0) is 6.07 Å². The van der Waals surface area contributed by atoms with Gasteiger partial charge in [0.15, 0.2) is 0 Å². The van der Waals surface area contributed by atoms with Crippen LogP contribution in [0.4, 0.5) is 5.95 Å². The molecule has 0 aliphatic rings. The Morgan fingerprint density at radius 1 is 1.50 bits per heavy atom. The highest BCUT2D eigenvalue weighted by molar-refractivity contribution is 9.09. The van der Waals surface area contributed by atoms with Crippen LogP contribution in [0.3, 0.4) is 0 Å². The molecule has 3 nitrogen and oxygen atoms in total. The SMILES string of the molecule is CC(Br)CN(C)c1ncccn1. The summed E-state index contributed by atoms with van der Waals surface area (Å²) in [5.41, 5.74) is 0. The smallest absolute Gasteiger partial charge is 0.225 e. The molecule has 0 aliphatic heterocycles. The van der Waals surface area contributed by atoms with E-state index in [0.29, 0.717) is 4.83 Å². The van der Waals surface area contributed by atoms with Gasteiger partial charge in [-0.3, -0.25) is 0 Å². The van der Waals surface area contributed by atoms with Gasteiger partial charge in [0.2, 0.25) is 5.95 Å². The van der Waals surface area contributed by atoms with E-state index in [1.165, 1.54) is 0 Å². The van der Waals surface area contributed by atoms with Crippen molar-refractivity contribution in [3.8, 4) is 0 Å². The molecule has 0 radical (unpaired) electrons. The van der Waals surface area contributed by atoms with E-state index in [9.17, 15) is 0 Å². The quantitative estimate of drug-likeness (QED) is 0.740. The first-order valence-corrected chi connectivity index (χ1v) is 4.74. The summed E-state index contributed by atoms with van der Waals surface area (Å²) in [6.07, 6.45) is 3.50. The van der Waals surface area contributed by atoms with Crippen molar-refractivity contribution >= 4 is 21.9 Å². The highest BCUT2D eigenvalue weighted by Gasteiger charge is 2.04. The lowest BCUT2D eigenvalue weighted by molar-refractivity contribution is 0.838. The molecule has 0 fully saturated rings. The molecule has 66 valence electrons. The number of rotatable bonds is 3. The van der Waals surface area contributed by atoms with Crippen molar-refractivity contribution in [3.63, 3.8) is 0 Å². The molecule has 0 aromatic carbocycles. The molecule has 0 bridgehead atoms. The van der Waals surface area contributed by atoms with Gasteiger partial charge in [0.05, 0.1) is 0 Å². The maximum Gasteiger partial charge on any atom is 0.225 e. The number of alkyl halides is 1. The average molecular weight is 230 g/mol. The van der Waals surface area contributed by atoms with E-state index in [4.69, 9.17) is 0 Å². The van der Waals surface area contributed by atoms with Gasteiger partial charge in [-0.1, -0.05) is 22.9 Å². The number of hydrogen-bond acceptors (Lipinski definition) is 3. The van der Waals surface area contributed by atoms with Crippen LogP contribution in [0.25, 0.3) is 0 Å². The minimum atomic E-state index is 0.450. The molecular formula is C8H12BrN3. The van der Waals surface area contributed by atoms with Crippen molar-refractivity contribution in [2.75, 3.05) is 18.5 Å². The van der Waals surface area contributed by atoms with Crippen LogP contribution in [0.2, 0.25) is 0 Å². The van der Waals surface area contributed by atoms with Crippen LogP contribution in [0, 0.1) is 0 Å². The van der Waals surface area contributed by atoms with Crippen LogP contribution in [0.15, 0.2) is 18.5 Å². The van der Waals surface area contributed by atoms with Crippen LogP contribution >= 0.6 is 15.9 Å².